The van der Waals surface area contributed by atoms with Crippen LogP contribution in [-0.2, 0) is 11.8 Å². The molecule has 0 aliphatic carbocycles. The summed E-state index contributed by atoms with van der Waals surface area (Å²) < 4.78 is 1.29. The van der Waals surface area contributed by atoms with E-state index in [1.165, 1.54) is 17.6 Å². The van der Waals surface area contributed by atoms with Crippen LogP contribution in [0.5, 0.6) is 0 Å². The third-order valence-electron chi connectivity index (χ3n) is 2.33. The maximum atomic E-state index is 12.0. The first-order chi connectivity index (χ1) is 7.99. The molecule has 1 rings (SSSR count). The Hall–Kier alpha value is -1.95. The molecule has 0 aliphatic heterocycles. The number of pyridine rings is 1. The summed E-state index contributed by atoms with van der Waals surface area (Å²) in [6.07, 6.45) is 1.54. The number of nitrogens with zero attached hydrogens (tertiary/aromatic N) is 2. The van der Waals surface area contributed by atoms with Crippen molar-refractivity contribution in [3.05, 3.63) is 34.2 Å². The predicted octanol–water partition coefficient (Wildman–Crippen LogP) is -0.667. The molecule has 6 nitrogen and oxygen atoms in total. The molecule has 0 bridgehead atoms. The van der Waals surface area contributed by atoms with Crippen LogP contribution in [-0.4, -0.2) is 34.4 Å². The molecule has 0 radical (unpaired) electrons. The van der Waals surface area contributed by atoms with Gasteiger partial charge in [-0.2, -0.15) is 0 Å². The highest BCUT2D eigenvalue weighted by atomic mass is 16.2. The molecule has 1 heterocycles. The first-order valence-corrected chi connectivity index (χ1v) is 5.17. The van der Waals surface area contributed by atoms with E-state index < -0.39 is 17.4 Å². The molecule has 0 spiro atoms. The zero-order chi connectivity index (χ0) is 13.0. The van der Waals surface area contributed by atoms with Crippen molar-refractivity contribution in [2.24, 2.45) is 12.8 Å². The first kappa shape index (κ1) is 13.1. The van der Waals surface area contributed by atoms with E-state index in [9.17, 15) is 14.4 Å². The van der Waals surface area contributed by atoms with Crippen molar-refractivity contribution >= 4 is 11.8 Å². The molecular weight excluding hydrogens is 222 g/mol. The lowest BCUT2D eigenvalue weighted by atomic mass is 10.2. The van der Waals surface area contributed by atoms with Gasteiger partial charge in [-0.15, -0.1) is 0 Å². The Morgan fingerprint density at radius 2 is 2.12 bits per heavy atom. The zero-order valence-electron chi connectivity index (χ0n) is 9.84. The number of amides is 2. The van der Waals surface area contributed by atoms with Gasteiger partial charge in [0.1, 0.15) is 5.56 Å². The molecule has 92 valence electrons. The summed E-state index contributed by atoms with van der Waals surface area (Å²) in [6, 6.07) is 2.98. The molecule has 0 aliphatic rings. The van der Waals surface area contributed by atoms with Crippen LogP contribution >= 0.6 is 0 Å². The van der Waals surface area contributed by atoms with Crippen LogP contribution in [0.15, 0.2) is 23.1 Å². The molecule has 0 fully saturated rings. The summed E-state index contributed by atoms with van der Waals surface area (Å²) in [6.45, 7) is 1.53. The van der Waals surface area contributed by atoms with E-state index in [1.54, 1.807) is 19.3 Å². The Balaban J connectivity index is 3.14. The SMILES string of the molecule is CC(=O)N(CCN)C(=O)c1cccn(C)c1=O. The molecule has 2 amide bonds. The minimum Gasteiger partial charge on any atom is -0.329 e. The van der Waals surface area contributed by atoms with Gasteiger partial charge in [0, 0.05) is 33.3 Å². The molecule has 0 aromatic carbocycles. The van der Waals surface area contributed by atoms with E-state index in [0.29, 0.717) is 0 Å². The topological polar surface area (TPSA) is 85.4 Å². The number of hydrogen-bond donors (Lipinski definition) is 1. The molecule has 2 N–H and O–H groups in total. The van der Waals surface area contributed by atoms with Crippen LogP contribution in [0.4, 0.5) is 0 Å². The standard InChI is InChI=1S/C11H15N3O3/c1-8(15)14(7-5-12)11(17)9-4-3-6-13(2)10(9)16/h3-4,6H,5,7,12H2,1-2H3. The van der Waals surface area contributed by atoms with E-state index in [2.05, 4.69) is 0 Å². The van der Waals surface area contributed by atoms with Gasteiger partial charge >= 0.3 is 0 Å². The van der Waals surface area contributed by atoms with Gasteiger partial charge < -0.3 is 10.3 Å². The second kappa shape index (κ2) is 5.40. The average Bonchev–Trinajstić information content (AvgIpc) is 2.28. The third-order valence-corrected chi connectivity index (χ3v) is 2.33. The van der Waals surface area contributed by atoms with Crippen molar-refractivity contribution < 1.29 is 9.59 Å². The minimum absolute atomic E-state index is 0.0290. The fourth-order valence-corrected chi connectivity index (χ4v) is 1.44. The molecule has 6 heteroatoms. The highest BCUT2D eigenvalue weighted by Gasteiger charge is 2.21. The Labute approximate surface area is 98.6 Å². The van der Waals surface area contributed by atoms with Crippen molar-refractivity contribution in [2.75, 3.05) is 13.1 Å². The van der Waals surface area contributed by atoms with Crippen LogP contribution in [0.1, 0.15) is 17.3 Å². The van der Waals surface area contributed by atoms with Crippen LogP contribution in [0, 0.1) is 0 Å². The summed E-state index contributed by atoms with van der Waals surface area (Å²) in [4.78, 5) is 36.0. The number of imide groups is 1. The van der Waals surface area contributed by atoms with E-state index in [-0.39, 0.29) is 18.7 Å². The fraction of sp³-hybridized carbons (Fsp3) is 0.364. The largest absolute Gasteiger partial charge is 0.329 e. The summed E-state index contributed by atoms with van der Waals surface area (Å²) in [5.74, 6) is -1.03. The van der Waals surface area contributed by atoms with Crippen LogP contribution in [0.2, 0.25) is 0 Å². The zero-order valence-corrected chi connectivity index (χ0v) is 9.84. The van der Waals surface area contributed by atoms with Gasteiger partial charge in [-0.05, 0) is 12.1 Å². The molecule has 1 aromatic rings. The normalized spacial score (nSPS) is 10.1. The molecule has 0 saturated carbocycles. The van der Waals surface area contributed by atoms with Gasteiger partial charge in [0.2, 0.25) is 5.91 Å². The quantitative estimate of drug-likeness (QED) is 0.755. The molecule has 0 atom stereocenters. The van der Waals surface area contributed by atoms with Crippen molar-refractivity contribution in [1.29, 1.82) is 0 Å². The van der Waals surface area contributed by atoms with E-state index in [0.717, 1.165) is 4.90 Å². The smallest absolute Gasteiger partial charge is 0.266 e. The number of aromatic nitrogens is 1. The van der Waals surface area contributed by atoms with Crippen molar-refractivity contribution in [1.82, 2.24) is 9.47 Å². The van der Waals surface area contributed by atoms with E-state index in [1.807, 2.05) is 0 Å². The molecule has 0 saturated heterocycles. The number of nitrogens with two attached hydrogens (primary N) is 1. The summed E-state index contributed by atoms with van der Waals surface area (Å²) >= 11 is 0. The van der Waals surface area contributed by atoms with Gasteiger partial charge in [0.25, 0.3) is 11.5 Å². The van der Waals surface area contributed by atoms with Crippen molar-refractivity contribution in [2.45, 2.75) is 6.92 Å². The van der Waals surface area contributed by atoms with E-state index >= 15 is 0 Å². The number of carbonyl (C=O) groups excluding carboxylic acids is 2. The second-order valence-corrected chi connectivity index (χ2v) is 3.60. The number of rotatable bonds is 3. The third kappa shape index (κ3) is 2.79. The molecule has 0 unspecified atom stereocenters. The Bertz CT molecular complexity index is 493. The van der Waals surface area contributed by atoms with Gasteiger partial charge in [-0.1, -0.05) is 0 Å². The Morgan fingerprint density at radius 1 is 1.47 bits per heavy atom. The second-order valence-electron chi connectivity index (χ2n) is 3.60. The van der Waals surface area contributed by atoms with Crippen molar-refractivity contribution in [3.63, 3.8) is 0 Å². The number of carbonyl (C=O) groups is 2. The van der Waals surface area contributed by atoms with Gasteiger partial charge in [0.05, 0.1) is 0 Å². The number of aryl methyl sites for hydroxylation is 1. The lowest BCUT2D eigenvalue weighted by molar-refractivity contribution is -0.126. The highest BCUT2D eigenvalue weighted by molar-refractivity contribution is 6.03. The van der Waals surface area contributed by atoms with Crippen molar-refractivity contribution in [3.8, 4) is 0 Å². The Morgan fingerprint density at radius 3 is 2.65 bits per heavy atom. The molecule has 1 aromatic heterocycles. The first-order valence-electron chi connectivity index (χ1n) is 5.17. The lowest BCUT2D eigenvalue weighted by Gasteiger charge is -2.17. The summed E-state index contributed by atoms with van der Waals surface area (Å²) in [5.41, 5.74) is 4.86. The van der Waals surface area contributed by atoms with Crippen LogP contribution in [0.25, 0.3) is 0 Å². The summed E-state index contributed by atoms with van der Waals surface area (Å²) in [5, 5.41) is 0. The lowest BCUT2D eigenvalue weighted by Crippen LogP contribution is -2.41. The fourth-order valence-electron chi connectivity index (χ4n) is 1.44. The predicted molar refractivity (Wildman–Crippen MR) is 62.5 cm³/mol. The van der Waals surface area contributed by atoms with Gasteiger partial charge in [0.15, 0.2) is 0 Å². The van der Waals surface area contributed by atoms with Crippen LogP contribution in [0.3, 0.4) is 0 Å². The Kier molecular flexibility index (Phi) is 4.17. The van der Waals surface area contributed by atoms with E-state index in [4.69, 9.17) is 5.73 Å². The monoisotopic (exact) mass is 237 g/mol. The maximum absolute atomic E-state index is 12.0. The molecular formula is C11H15N3O3. The number of hydrogen-bond acceptors (Lipinski definition) is 4. The summed E-state index contributed by atoms with van der Waals surface area (Å²) in [7, 11) is 1.54. The average molecular weight is 237 g/mol. The maximum Gasteiger partial charge on any atom is 0.266 e. The molecule has 17 heavy (non-hydrogen) atoms. The van der Waals surface area contributed by atoms with Crippen LogP contribution < -0.4 is 11.3 Å². The van der Waals surface area contributed by atoms with Gasteiger partial charge in [-0.25, -0.2) is 0 Å². The minimum atomic E-state index is -0.607. The highest BCUT2D eigenvalue weighted by Crippen LogP contribution is 2.00. The van der Waals surface area contributed by atoms with Gasteiger partial charge in [-0.3, -0.25) is 19.3 Å².